The summed E-state index contributed by atoms with van der Waals surface area (Å²) in [6.45, 7) is 1.98. The zero-order valence-corrected chi connectivity index (χ0v) is 12.1. The van der Waals surface area contributed by atoms with Crippen molar-refractivity contribution in [2.24, 2.45) is 0 Å². The summed E-state index contributed by atoms with van der Waals surface area (Å²) in [7, 11) is 0. The first-order valence-electron chi connectivity index (χ1n) is 4.90. The third-order valence-corrected chi connectivity index (χ3v) is 3.40. The molecule has 1 N–H and O–H groups in total. The minimum atomic E-state index is 0.520. The molecule has 17 heavy (non-hydrogen) atoms. The van der Waals surface area contributed by atoms with Crippen molar-refractivity contribution in [2.45, 2.75) is 6.92 Å². The molecule has 0 aliphatic carbocycles. The molecule has 0 atom stereocenters. The van der Waals surface area contributed by atoms with Crippen molar-refractivity contribution in [1.29, 1.82) is 0 Å². The maximum atomic E-state index is 5.95. The molecule has 2 nitrogen and oxygen atoms in total. The minimum Gasteiger partial charge on any atom is -0.340 e. The number of nitrogens with one attached hydrogen (secondary N) is 1. The molecule has 0 unspecified atom stereocenters. The molecule has 88 valence electrons. The highest BCUT2D eigenvalue weighted by Crippen LogP contribution is 2.27. The zero-order chi connectivity index (χ0) is 12.4. The predicted molar refractivity (Wildman–Crippen MR) is 76.4 cm³/mol. The first kappa shape index (κ1) is 12.7. The lowest BCUT2D eigenvalue weighted by Crippen LogP contribution is -1.96. The van der Waals surface area contributed by atoms with Crippen molar-refractivity contribution in [2.75, 3.05) is 5.32 Å². The molecule has 2 rings (SSSR count). The summed E-state index contributed by atoms with van der Waals surface area (Å²) in [5.41, 5.74) is 1.91. The average molecular weight is 332 g/mol. The highest BCUT2D eigenvalue weighted by atomic mass is 79.9. The van der Waals surface area contributed by atoms with Gasteiger partial charge in [-0.05, 0) is 52.7 Å². The van der Waals surface area contributed by atoms with E-state index >= 15 is 0 Å². The average Bonchev–Trinajstić information content (AvgIpc) is 2.27. The molecule has 0 spiro atoms. The molecule has 0 aliphatic rings. The van der Waals surface area contributed by atoms with Crippen molar-refractivity contribution in [3.05, 3.63) is 50.5 Å². The third kappa shape index (κ3) is 3.12. The van der Waals surface area contributed by atoms with Gasteiger partial charge in [0.1, 0.15) is 5.82 Å². The monoisotopic (exact) mass is 330 g/mol. The molecule has 0 fully saturated rings. The number of benzene rings is 1. The second kappa shape index (κ2) is 5.25. The Morgan fingerprint density at radius 2 is 1.94 bits per heavy atom. The quantitative estimate of drug-likeness (QED) is 0.817. The van der Waals surface area contributed by atoms with E-state index in [4.69, 9.17) is 23.2 Å². The van der Waals surface area contributed by atoms with Gasteiger partial charge in [-0.25, -0.2) is 4.98 Å². The molecule has 1 heterocycles. The molecule has 1 aromatic carbocycles. The van der Waals surface area contributed by atoms with Gasteiger partial charge in [0, 0.05) is 16.4 Å². The Hall–Kier alpha value is -0.770. The number of hydrogen-bond donors (Lipinski definition) is 1. The summed E-state index contributed by atoms with van der Waals surface area (Å²) in [5.74, 6) is 0.798. The molecule has 5 heteroatoms. The van der Waals surface area contributed by atoms with Gasteiger partial charge in [0.05, 0.1) is 10.0 Å². The molecule has 0 bridgehead atoms. The van der Waals surface area contributed by atoms with Gasteiger partial charge >= 0.3 is 0 Å². The number of anilines is 2. The van der Waals surface area contributed by atoms with Crippen LogP contribution in [0.15, 0.2) is 34.9 Å². The van der Waals surface area contributed by atoms with Crippen molar-refractivity contribution in [3.8, 4) is 0 Å². The van der Waals surface area contributed by atoms with Gasteiger partial charge in [-0.2, -0.15) is 0 Å². The summed E-state index contributed by atoms with van der Waals surface area (Å²) in [4.78, 5) is 4.29. The second-order valence-corrected chi connectivity index (χ2v) is 5.30. The lowest BCUT2D eigenvalue weighted by atomic mass is 10.2. The summed E-state index contributed by atoms with van der Waals surface area (Å²) in [6.07, 6.45) is 1.74. The van der Waals surface area contributed by atoms with Crippen LogP contribution in [0.25, 0.3) is 0 Å². The van der Waals surface area contributed by atoms with Crippen molar-refractivity contribution >= 4 is 50.6 Å². The van der Waals surface area contributed by atoms with E-state index in [-0.39, 0.29) is 0 Å². The van der Waals surface area contributed by atoms with Crippen LogP contribution in [-0.4, -0.2) is 4.98 Å². The largest absolute Gasteiger partial charge is 0.340 e. The van der Waals surface area contributed by atoms with Gasteiger partial charge in [0.15, 0.2) is 0 Å². The highest BCUT2D eigenvalue weighted by Gasteiger charge is 2.03. The lowest BCUT2D eigenvalue weighted by Gasteiger charge is -2.09. The summed E-state index contributed by atoms with van der Waals surface area (Å²) >= 11 is 15.2. The van der Waals surface area contributed by atoms with Crippen LogP contribution in [0.1, 0.15) is 5.56 Å². The Kier molecular flexibility index (Phi) is 3.92. The fourth-order valence-electron chi connectivity index (χ4n) is 1.38. The van der Waals surface area contributed by atoms with Crippen LogP contribution in [0.3, 0.4) is 0 Å². The maximum Gasteiger partial charge on any atom is 0.133 e. The SMILES string of the molecule is Cc1cc(Br)cnc1Nc1ccc(Cl)c(Cl)c1. The molecule has 0 saturated carbocycles. The van der Waals surface area contributed by atoms with Crippen LogP contribution in [0.5, 0.6) is 0 Å². The lowest BCUT2D eigenvalue weighted by molar-refractivity contribution is 1.24. The van der Waals surface area contributed by atoms with E-state index in [1.807, 2.05) is 19.1 Å². The van der Waals surface area contributed by atoms with Crippen molar-refractivity contribution < 1.29 is 0 Å². The fourth-order valence-corrected chi connectivity index (χ4v) is 2.13. The number of aryl methyl sites for hydroxylation is 1. The van der Waals surface area contributed by atoms with Crippen LogP contribution in [0.2, 0.25) is 10.0 Å². The van der Waals surface area contributed by atoms with Crippen LogP contribution >= 0.6 is 39.1 Å². The van der Waals surface area contributed by atoms with Crippen LogP contribution in [0.4, 0.5) is 11.5 Å². The van der Waals surface area contributed by atoms with E-state index in [1.165, 1.54) is 0 Å². The number of aromatic nitrogens is 1. The Morgan fingerprint density at radius 3 is 2.59 bits per heavy atom. The predicted octanol–water partition coefficient (Wildman–Crippen LogP) is 5.20. The minimum absolute atomic E-state index is 0.520. The molecule has 2 aromatic rings. The Bertz CT molecular complexity index is 558. The van der Waals surface area contributed by atoms with Crippen LogP contribution in [0, 0.1) is 6.92 Å². The van der Waals surface area contributed by atoms with Crippen molar-refractivity contribution in [1.82, 2.24) is 4.98 Å². The summed E-state index contributed by atoms with van der Waals surface area (Å²) < 4.78 is 0.953. The van der Waals surface area contributed by atoms with E-state index < -0.39 is 0 Å². The van der Waals surface area contributed by atoms with E-state index in [9.17, 15) is 0 Å². The van der Waals surface area contributed by atoms with Crippen LogP contribution in [-0.2, 0) is 0 Å². The van der Waals surface area contributed by atoms with Crippen LogP contribution < -0.4 is 5.32 Å². The van der Waals surface area contributed by atoms with Gasteiger partial charge in [-0.15, -0.1) is 0 Å². The molecule has 1 aromatic heterocycles. The Labute approximate surface area is 118 Å². The van der Waals surface area contributed by atoms with E-state index in [0.29, 0.717) is 10.0 Å². The number of nitrogens with zero attached hydrogens (tertiary/aromatic N) is 1. The third-order valence-electron chi connectivity index (χ3n) is 2.23. The summed E-state index contributed by atoms with van der Waals surface area (Å²) in [6, 6.07) is 7.37. The number of halogens is 3. The molecule has 0 amide bonds. The maximum absolute atomic E-state index is 5.95. The smallest absolute Gasteiger partial charge is 0.133 e. The Balaban J connectivity index is 2.28. The fraction of sp³-hybridized carbons (Fsp3) is 0.0833. The highest BCUT2D eigenvalue weighted by molar-refractivity contribution is 9.10. The normalized spacial score (nSPS) is 10.4. The molecular formula is C12H9BrCl2N2. The molecule has 0 aliphatic heterocycles. The van der Waals surface area contributed by atoms with Gasteiger partial charge in [0.25, 0.3) is 0 Å². The van der Waals surface area contributed by atoms with Crippen molar-refractivity contribution in [3.63, 3.8) is 0 Å². The topological polar surface area (TPSA) is 24.9 Å². The molecule has 0 saturated heterocycles. The summed E-state index contributed by atoms with van der Waals surface area (Å²) in [5, 5.41) is 4.25. The van der Waals surface area contributed by atoms with E-state index in [2.05, 4.69) is 26.2 Å². The molecular weight excluding hydrogens is 323 g/mol. The van der Waals surface area contributed by atoms with E-state index in [1.54, 1.807) is 18.3 Å². The Morgan fingerprint density at radius 1 is 1.18 bits per heavy atom. The first-order chi connectivity index (χ1) is 8.06. The van der Waals surface area contributed by atoms with Gasteiger partial charge in [0.2, 0.25) is 0 Å². The second-order valence-electron chi connectivity index (χ2n) is 3.57. The standard InChI is InChI=1S/C12H9BrCl2N2/c1-7-4-8(13)6-16-12(7)17-9-2-3-10(14)11(15)5-9/h2-6H,1H3,(H,16,17). The molecule has 0 radical (unpaired) electrons. The number of pyridine rings is 1. The number of hydrogen-bond acceptors (Lipinski definition) is 2. The van der Waals surface area contributed by atoms with E-state index in [0.717, 1.165) is 21.5 Å². The zero-order valence-electron chi connectivity index (χ0n) is 8.97. The van der Waals surface area contributed by atoms with Gasteiger partial charge in [-0.1, -0.05) is 23.2 Å². The number of rotatable bonds is 2. The first-order valence-corrected chi connectivity index (χ1v) is 6.45. The van der Waals surface area contributed by atoms with Gasteiger partial charge in [-0.3, -0.25) is 0 Å². The van der Waals surface area contributed by atoms with Gasteiger partial charge < -0.3 is 5.32 Å².